The fraction of sp³-hybridized carbons (Fsp3) is 0.500. The van der Waals surface area contributed by atoms with Gasteiger partial charge in [0, 0.05) is 17.6 Å². The van der Waals surface area contributed by atoms with Gasteiger partial charge in [0.05, 0.1) is 18.6 Å². The van der Waals surface area contributed by atoms with E-state index in [1.165, 1.54) is 0 Å². The lowest BCUT2D eigenvalue weighted by atomic mass is 10.1. The molecule has 0 atom stereocenters. The highest BCUT2D eigenvalue weighted by molar-refractivity contribution is 9.10. The maximum absolute atomic E-state index is 12.1. The Balaban J connectivity index is 2.11. The van der Waals surface area contributed by atoms with E-state index in [4.69, 9.17) is 4.74 Å². The Kier molecular flexibility index (Phi) is 4.29. The minimum atomic E-state index is -3.07. The van der Waals surface area contributed by atoms with Crippen LogP contribution in [0.5, 0.6) is 5.75 Å². The van der Waals surface area contributed by atoms with Crippen molar-refractivity contribution >= 4 is 25.8 Å². The standard InChI is InChI=1S/C12H16BrNO3S/c1-17-11-2-3-12(13)10(4-11)8-18(15,16)7-9-5-14-6-9/h2-4,9,14H,5-8H2,1H3. The minimum absolute atomic E-state index is 0.0568. The number of rotatable bonds is 5. The van der Waals surface area contributed by atoms with Crippen LogP contribution in [0.25, 0.3) is 0 Å². The van der Waals surface area contributed by atoms with Crippen molar-refractivity contribution in [3.8, 4) is 5.75 Å². The molecule has 1 aliphatic rings. The SMILES string of the molecule is COc1ccc(Br)c(CS(=O)(=O)CC2CNC2)c1. The van der Waals surface area contributed by atoms with Gasteiger partial charge in [-0.2, -0.15) is 0 Å². The zero-order valence-electron chi connectivity index (χ0n) is 10.1. The Labute approximate surface area is 116 Å². The molecule has 0 bridgehead atoms. The summed E-state index contributed by atoms with van der Waals surface area (Å²) >= 11 is 3.38. The molecule has 1 aromatic carbocycles. The van der Waals surface area contributed by atoms with E-state index in [0.717, 1.165) is 23.1 Å². The second kappa shape index (κ2) is 5.59. The molecule has 1 heterocycles. The molecule has 1 aliphatic heterocycles. The van der Waals surface area contributed by atoms with E-state index in [1.54, 1.807) is 19.2 Å². The second-order valence-electron chi connectivity index (χ2n) is 4.54. The normalized spacial score (nSPS) is 16.3. The molecule has 0 radical (unpaired) electrons. The Bertz CT molecular complexity index is 526. The number of hydrogen-bond acceptors (Lipinski definition) is 4. The number of benzene rings is 1. The summed E-state index contributed by atoms with van der Waals surface area (Å²) in [5.41, 5.74) is 0.752. The van der Waals surface area contributed by atoms with Crippen molar-refractivity contribution < 1.29 is 13.2 Å². The van der Waals surface area contributed by atoms with Gasteiger partial charge >= 0.3 is 0 Å². The smallest absolute Gasteiger partial charge is 0.154 e. The largest absolute Gasteiger partial charge is 0.497 e. The highest BCUT2D eigenvalue weighted by atomic mass is 79.9. The number of nitrogens with one attached hydrogen (secondary N) is 1. The van der Waals surface area contributed by atoms with Gasteiger partial charge in [-0.15, -0.1) is 0 Å². The van der Waals surface area contributed by atoms with Gasteiger partial charge in [0.2, 0.25) is 0 Å². The van der Waals surface area contributed by atoms with Gasteiger partial charge in [-0.25, -0.2) is 8.42 Å². The van der Waals surface area contributed by atoms with Crippen LogP contribution in [0, 0.1) is 5.92 Å². The Hall–Kier alpha value is -0.590. The molecule has 18 heavy (non-hydrogen) atoms. The second-order valence-corrected chi connectivity index (χ2v) is 7.50. The van der Waals surface area contributed by atoms with Crippen LogP contribution in [0.2, 0.25) is 0 Å². The van der Waals surface area contributed by atoms with Crippen LogP contribution in [0.1, 0.15) is 5.56 Å². The van der Waals surface area contributed by atoms with Crippen molar-refractivity contribution in [2.45, 2.75) is 5.75 Å². The maximum atomic E-state index is 12.1. The average molecular weight is 334 g/mol. The number of hydrogen-bond donors (Lipinski definition) is 1. The first kappa shape index (κ1) is 13.8. The molecule has 6 heteroatoms. The van der Waals surface area contributed by atoms with Crippen molar-refractivity contribution in [1.29, 1.82) is 0 Å². The van der Waals surface area contributed by atoms with Crippen LogP contribution in [0.4, 0.5) is 0 Å². The van der Waals surface area contributed by atoms with Crippen LogP contribution in [0.3, 0.4) is 0 Å². The zero-order valence-corrected chi connectivity index (χ0v) is 12.6. The Morgan fingerprint density at radius 1 is 1.44 bits per heavy atom. The summed E-state index contributed by atoms with van der Waals surface area (Å²) in [5.74, 6) is 1.25. The number of halogens is 1. The first-order valence-corrected chi connectivity index (χ1v) is 8.35. The summed E-state index contributed by atoms with van der Waals surface area (Å²) in [5, 5.41) is 3.08. The lowest BCUT2D eigenvalue weighted by Crippen LogP contribution is -2.45. The molecule has 0 amide bonds. The molecule has 0 aromatic heterocycles. The quantitative estimate of drug-likeness (QED) is 0.889. The van der Waals surface area contributed by atoms with E-state index >= 15 is 0 Å². The van der Waals surface area contributed by atoms with E-state index in [-0.39, 0.29) is 17.4 Å². The van der Waals surface area contributed by atoms with Crippen LogP contribution in [-0.4, -0.2) is 34.4 Å². The summed E-state index contributed by atoms with van der Waals surface area (Å²) in [7, 11) is -1.50. The first-order valence-electron chi connectivity index (χ1n) is 5.74. The van der Waals surface area contributed by atoms with Gasteiger partial charge in [0.1, 0.15) is 5.75 Å². The lowest BCUT2D eigenvalue weighted by molar-refractivity contribution is 0.378. The van der Waals surface area contributed by atoms with Crippen molar-refractivity contribution in [2.24, 2.45) is 5.92 Å². The molecule has 1 fully saturated rings. The van der Waals surface area contributed by atoms with E-state index in [1.807, 2.05) is 6.07 Å². The van der Waals surface area contributed by atoms with Gasteiger partial charge in [-0.1, -0.05) is 15.9 Å². The first-order chi connectivity index (χ1) is 8.50. The number of ether oxygens (including phenoxy) is 1. The molecule has 0 saturated carbocycles. The average Bonchev–Trinajstić information content (AvgIpc) is 2.27. The third kappa shape index (κ3) is 3.46. The van der Waals surface area contributed by atoms with Gasteiger partial charge in [-0.05, 0) is 29.7 Å². The van der Waals surface area contributed by atoms with E-state index in [9.17, 15) is 8.42 Å². The molecule has 4 nitrogen and oxygen atoms in total. The third-order valence-corrected chi connectivity index (χ3v) is 5.49. The Morgan fingerprint density at radius 3 is 2.72 bits per heavy atom. The topological polar surface area (TPSA) is 55.4 Å². The van der Waals surface area contributed by atoms with Crippen LogP contribution < -0.4 is 10.1 Å². The summed E-state index contributed by atoms with van der Waals surface area (Å²) < 4.78 is 30.0. The summed E-state index contributed by atoms with van der Waals surface area (Å²) in [4.78, 5) is 0. The van der Waals surface area contributed by atoms with Gasteiger partial charge in [-0.3, -0.25) is 0 Å². The summed E-state index contributed by atoms with van der Waals surface area (Å²) in [6, 6.07) is 5.38. The molecule has 0 aliphatic carbocycles. The molecule has 0 spiro atoms. The number of methoxy groups -OCH3 is 1. The van der Waals surface area contributed by atoms with Crippen LogP contribution in [-0.2, 0) is 15.6 Å². The van der Waals surface area contributed by atoms with Crippen molar-refractivity contribution in [3.63, 3.8) is 0 Å². The van der Waals surface area contributed by atoms with Crippen molar-refractivity contribution in [2.75, 3.05) is 26.0 Å². The van der Waals surface area contributed by atoms with Gasteiger partial charge in [0.15, 0.2) is 9.84 Å². The molecule has 2 rings (SSSR count). The van der Waals surface area contributed by atoms with E-state index < -0.39 is 9.84 Å². The maximum Gasteiger partial charge on any atom is 0.154 e. The highest BCUT2D eigenvalue weighted by Gasteiger charge is 2.25. The van der Waals surface area contributed by atoms with E-state index in [0.29, 0.717) is 5.75 Å². The monoisotopic (exact) mass is 333 g/mol. The van der Waals surface area contributed by atoms with Crippen molar-refractivity contribution in [3.05, 3.63) is 28.2 Å². The van der Waals surface area contributed by atoms with Gasteiger partial charge < -0.3 is 10.1 Å². The molecule has 1 N–H and O–H groups in total. The molecular weight excluding hydrogens is 318 g/mol. The fourth-order valence-electron chi connectivity index (χ4n) is 1.91. The summed E-state index contributed by atoms with van der Waals surface area (Å²) in [6.45, 7) is 1.61. The molecule has 0 unspecified atom stereocenters. The van der Waals surface area contributed by atoms with Crippen LogP contribution >= 0.6 is 15.9 Å². The number of sulfone groups is 1. The lowest BCUT2D eigenvalue weighted by Gasteiger charge is -2.26. The predicted octanol–water partition coefficient (Wildman–Crippen LogP) is 1.59. The summed E-state index contributed by atoms with van der Waals surface area (Å²) in [6.07, 6.45) is 0. The van der Waals surface area contributed by atoms with Crippen LogP contribution in [0.15, 0.2) is 22.7 Å². The minimum Gasteiger partial charge on any atom is -0.497 e. The fourth-order valence-corrected chi connectivity index (χ4v) is 4.27. The molecule has 100 valence electrons. The molecule has 1 aromatic rings. The zero-order chi connectivity index (χ0) is 13.2. The van der Waals surface area contributed by atoms with E-state index in [2.05, 4.69) is 21.2 Å². The Morgan fingerprint density at radius 2 is 2.17 bits per heavy atom. The molecular formula is C12H16BrNO3S. The van der Waals surface area contributed by atoms with Gasteiger partial charge in [0.25, 0.3) is 0 Å². The van der Waals surface area contributed by atoms with Crippen molar-refractivity contribution in [1.82, 2.24) is 5.32 Å². The highest BCUT2D eigenvalue weighted by Crippen LogP contribution is 2.25. The predicted molar refractivity (Wildman–Crippen MR) is 74.5 cm³/mol. The third-order valence-electron chi connectivity index (χ3n) is 2.98. The molecule has 1 saturated heterocycles.